The van der Waals surface area contributed by atoms with Gasteiger partial charge in [-0.25, -0.2) is 8.42 Å². The molecule has 0 aliphatic rings. The van der Waals surface area contributed by atoms with Crippen molar-refractivity contribution in [2.45, 2.75) is 50.2 Å². The van der Waals surface area contributed by atoms with E-state index in [1.54, 1.807) is 30.3 Å². The van der Waals surface area contributed by atoms with E-state index >= 15 is 0 Å². The molecule has 4 aromatic rings. The van der Waals surface area contributed by atoms with E-state index in [4.69, 9.17) is 16.3 Å². The lowest BCUT2D eigenvalue weighted by atomic mass is 10.0. The van der Waals surface area contributed by atoms with Crippen LogP contribution in [0.15, 0.2) is 112 Å². The molecule has 242 valence electrons. The maximum atomic E-state index is 14.6. The zero-order valence-corrected chi connectivity index (χ0v) is 29.1. The molecule has 2 unspecified atom stereocenters. The molecule has 0 aliphatic heterocycles. The van der Waals surface area contributed by atoms with E-state index in [0.717, 1.165) is 19.9 Å². The molecular weight excluding hydrogens is 690 g/mol. The number of hydrogen-bond acceptors (Lipinski definition) is 5. The van der Waals surface area contributed by atoms with E-state index in [2.05, 4.69) is 21.2 Å². The third-order valence-electron chi connectivity index (χ3n) is 7.53. The number of rotatable bonds is 14. The normalized spacial score (nSPS) is 12.5. The highest BCUT2D eigenvalue weighted by atomic mass is 79.9. The van der Waals surface area contributed by atoms with Crippen molar-refractivity contribution in [1.29, 1.82) is 0 Å². The predicted molar refractivity (Wildman–Crippen MR) is 185 cm³/mol. The number of carbonyl (C=O) groups excluding carboxylic acids is 2. The first-order valence-electron chi connectivity index (χ1n) is 14.8. The Balaban J connectivity index is 1.85. The number of carbonyl (C=O) groups is 2. The Hall–Kier alpha value is -3.86. The lowest BCUT2D eigenvalue weighted by molar-refractivity contribution is -0.140. The Morgan fingerprint density at radius 1 is 0.913 bits per heavy atom. The molecule has 4 aromatic carbocycles. The molecule has 0 saturated heterocycles. The molecule has 0 bridgehead atoms. The number of halogens is 2. The van der Waals surface area contributed by atoms with Crippen molar-refractivity contribution in [1.82, 2.24) is 10.2 Å². The number of hydrogen-bond donors (Lipinski definition) is 1. The zero-order chi connectivity index (χ0) is 33.3. The molecule has 0 aliphatic carbocycles. The first-order chi connectivity index (χ1) is 22.0. The molecule has 0 aromatic heterocycles. The Kier molecular flexibility index (Phi) is 12.3. The number of methoxy groups -OCH3 is 1. The molecule has 1 N–H and O–H groups in total. The Labute approximate surface area is 284 Å². The fourth-order valence-corrected chi connectivity index (χ4v) is 6.97. The molecule has 2 amide bonds. The second-order valence-electron chi connectivity index (χ2n) is 10.8. The third kappa shape index (κ3) is 8.90. The van der Waals surface area contributed by atoms with E-state index in [-0.39, 0.29) is 46.3 Å². The van der Waals surface area contributed by atoms with E-state index in [1.165, 1.54) is 30.2 Å². The Morgan fingerprint density at radius 3 is 2.20 bits per heavy atom. The smallest absolute Gasteiger partial charge is 0.264 e. The summed E-state index contributed by atoms with van der Waals surface area (Å²) in [6, 6.07) is 28.2. The van der Waals surface area contributed by atoms with E-state index in [9.17, 15) is 18.0 Å². The average molecular weight is 727 g/mol. The van der Waals surface area contributed by atoms with Crippen LogP contribution in [0.4, 0.5) is 5.69 Å². The van der Waals surface area contributed by atoms with Crippen LogP contribution in [-0.4, -0.2) is 50.9 Å². The van der Waals surface area contributed by atoms with Crippen LogP contribution in [0.5, 0.6) is 5.75 Å². The first kappa shape index (κ1) is 35.0. The van der Waals surface area contributed by atoms with Gasteiger partial charge in [0.25, 0.3) is 10.0 Å². The number of anilines is 1. The van der Waals surface area contributed by atoms with Gasteiger partial charge in [-0.2, -0.15) is 0 Å². The standard InChI is InChI=1S/C35H37BrClN3O5S/c1-4-25(2)38-35(42)32(21-26-12-7-5-8-13-26)39(23-27-14-11-15-28(36)20-27)34(41)24-40(31-22-29(37)18-19-33(31)45-3)46(43,44)30-16-9-6-10-17-30/h5-20,22,25,32H,4,21,23-24H2,1-3H3,(H,38,42). The highest BCUT2D eigenvalue weighted by Gasteiger charge is 2.36. The van der Waals surface area contributed by atoms with Gasteiger partial charge in [0.2, 0.25) is 11.8 Å². The summed E-state index contributed by atoms with van der Waals surface area (Å²) >= 11 is 9.85. The van der Waals surface area contributed by atoms with E-state index < -0.39 is 28.5 Å². The van der Waals surface area contributed by atoms with Gasteiger partial charge in [-0.05, 0) is 66.9 Å². The third-order valence-corrected chi connectivity index (χ3v) is 10.0. The molecule has 2 atom stereocenters. The minimum absolute atomic E-state index is 0.0151. The Morgan fingerprint density at radius 2 is 1.57 bits per heavy atom. The van der Waals surface area contributed by atoms with Crippen molar-refractivity contribution in [3.63, 3.8) is 0 Å². The fourth-order valence-electron chi connectivity index (χ4n) is 4.92. The highest BCUT2D eigenvalue weighted by molar-refractivity contribution is 9.10. The number of ether oxygens (including phenoxy) is 1. The van der Waals surface area contributed by atoms with Gasteiger partial charge in [0.1, 0.15) is 18.3 Å². The first-order valence-corrected chi connectivity index (χ1v) is 17.4. The molecule has 0 fully saturated rings. The summed E-state index contributed by atoms with van der Waals surface area (Å²) < 4.78 is 35.8. The Bertz CT molecular complexity index is 1740. The number of nitrogens with zero attached hydrogens (tertiary/aromatic N) is 2. The van der Waals surface area contributed by atoms with Crippen molar-refractivity contribution in [3.05, 3.63) is 124 Å². The SMILES string of the molecule is CCC(C)NC(=O)C(Cc1ccccc1)N(Cc1cccc(Br)c1)C(=O)CN(c1cc(Cl)ccc1OC)S(=O)(=O)c1ccccc1. The average Bonchev–Trinajstić information content (AvgIpc) is 3.05. The summed E-state index contributed by atoms with van der Waals surface area (Å²) in [5, 5.41) is 3.30. The quantitative estimate of drug-likeness (QED) is 0.153. The van der Waals surface area contributed by atoms with Crippen LogP contribution < -0.4 is 14.4 Å². The summed E-state index contributed by atoms with van der Waals surface area (Å²) in [5.41, 5.74) is 1.71. The molecular formula is C35H37BrClN3O5S. The maximum absolute atomic E-state index is 14.6. The van der Waals surface area contributed by atoms with Gasteiger partial charge in [0, 0.05) is 28.5 Å². The number of sulfonamides is 1. The summed E-state index contributed by atoms with van der Waals surface area (Å²) in [7, 11) is -2.89. The topological polar surface area (TPSA) is 96.0 Å². The molecule has 4 rings (SSSR count). The molecule has 0 saturated carbocycles. The molecule has 0 heterocycles. The summed E-state index contributed by atoms with van der Waals surface area (Å²) in [4.78, 5) is 30.0. The van der Waals surface area contributed by atoms with Crippen molar-refractivity contribution in [2.75, 3.05) is 18.0 Å². The minimum Gasteiger partial charge on any atom is -0.495 e. The van der Waals surface area contributed by atoms with Crippen LogP contribution in [0.3, 0.4) is 0 Å². The van der Waals surface area contributed by atoms with Crippen molar-refractivity contribution in [2.24, 2.45) is 0 Å². The van der Waals surface area contributed by atoms with Crippen LogP contribution in [0.2, 0.25) is 5.02 Å². The lowest BCUT2D eigenvalue weighted by Gasteiger charge is -2.34. The van der Waals surface area contributed by atoms with Gasteiger partial charge in [-0.15, -0.1) is 0 Å². The molecule has 0 spiro atoms. The van der Waals surface area contributed by atoms with E-state index in [0.29, 0.717) is 6.42 Å². The monoisotopic (exact) mass is 725 g/mol. The van der Waals surface area contributed by atoms with E-state index in [1.807, 2.05) is 68.4 Å². The van der Waals surface area contributed by atoms with Gasteiger partial charge in [0.05, 0.1) is 17.7 Å². The van der Waals surface area contributed by atoms with Crippen LogP contribution in [0.25, 0.3) is 0 Å². The maximum Gasteiger partial charge on any atom is 0.264 e. The fraction of sp³-hybridized carbons (Fsp3) is 0.257. The summed E-state index contributed by atoms with van der Waals surface area (Å²) in [5.74, 6) is -0.702. The zero-order valence-electron chi connectivity index (χ0n) is 25.9. The summed E-state index contributed by atoms with van der Waals surface area (Å²) in [6.07, 6.45) is 0.913. The largest absolute Gasteiger partial charge is 0.495 e. The number of benzene rings is 4. The predicted octanol–water partition coefficient (Wildman–Crippen LogP) is 6.86. The van der Waals surface area contributed by atoms with Crippen LogP contribution in [0, 0.1) is 0 Å². The van der Waals surface area contributed by atoms with Crippen LogP contribution >= 0.6 is 27.5 Å². The molecule has 0 radical (unpaired) electrons. The van der Waals surface area contributed by atoms with Crippen molar-refractivity contribution in [3.8, 4) is 5.75 Å². The van der Waals surface area contributed by atoms with Gasteiger partial charge < -0.3 is 15.0 Å². The van der Waals surface area contributed by atoms with Crippen LogP contribution in [0.1, 0.15) is 31.4 Å². The van der Waals surface area contributed by atoms with Crippen molar-refractivity contribution < 1.29 is 22.7 Å². The minimum atomic E-state index is -4.30. The van der Waals surface area contributed by atoms with Gasteiger partial charge in [0.15, 0.2) is 0 Å². The highest BCUT2D eigenvalue weighted by Crippen LogP contribution is 2.35. The number of nitrogens with one attached hydrogen (secondary N) is 1. The van der Waals surface area contributed by atoms with Gasteiger partial charge in [-0.3, -0.25) is 13.9 Å². The summed E-state index contributed by atoms with van der Waals surface area (Å²) in [6.45, 7) is 3.29. The molecule has 11 heteroatoms. The molecule has 8 nitrogen and oxygen atoms in total. The second kappa shape index (κ2) is 16.1. The second-order valence-corrected chi connectivity index (χ2v) is 14.0. The number of amides is 2. The van der Waals surface area contributed by atoms with Gasteiger partial charge in [-0.1, -0.05) is 95.1 Å². The lowest BCUT2D eigenvalue weighted by Crippen LogP contribution is -2.54. The molecule has 46 heavy (non-hydrogen) atoms. The van der Waals surface area contributed by atoms with Crippen LogP contribution in [-0.2, 0) is 32.6 Å². The van der Waals surface area contributed by atoms with Crippen molar-refractivity contribution >= 4 is 55.1 Å². The van der Waals surface area contributed by atoms with Gasteiger partial charge >= 0.3 is 0 Å².